The third-order valence-electron chi connectivity index (χ3n) is 4.48. The number of hydrogen-bond donors (Lipinski definition) is 1. The number of fused-ring (bicyclic) bond motifs is 1. The van der Waals surface area contributed by atoms with Crippen LogP contribution in [0.15, 0.2) is 36.5 Å². The first-order chi connectivity index (χ1) is 12.0. The van der Waals surface area contributed by atoms with E-state index in [2.05, 4.69) is 10.3 Å². The third-order valence-corrected chi connectivity index (χ3v) is 6.56. The average Bonchev–Trinajstić information content (AvgIpc) is 2.62. The molecule has 1 aromatic carbocycles. The molecule has 1 aliphatic heterocycles. The molecule has 1 aromatic heterocycles. The first kappa shape index (κ1) is 17.8. The van der Waals surface area contributed by atoms with Crippen molar-refractivity contribution in [2.75, 3.05) is 17.6 Å². The Morgan fingerprint density at radius 3 is 2.92 bits per heavy atom. The SMILES string of the molecule is CCCS(=O)(=O)N1CCCCC1C(=O)Nc1cccc2ncccc12. The molecule has 25 heavy (non-hydrogen) atoms. The maximum absolute atomic E-state index is 12.8. The number of anilines is 1. The number of benzene rings is 1. The number of sulfonamides is 1. The Bertz CT molecular complexity index is 862. The molecular formula is C18H23N3O3S. The molecule has 0 aliphatic carbocycles. The summed E-state index contributed by atoms with van der Waals surface area (Å²) < 4.78 is 26.4. The van der Waals surface area contributed by atoms with Gasteiger partial charge in [-0.05, 0) is 43.5 Å². The molecule has 134 valence electrons. The summed E-state index contributed by atoms with van der Waals surface area (Å²) in [4.78, 5) is 17.1. The van der Waals surface area contributed by atoms with Gasteiger partial charge < -0.3 is 5.32 Å². The van der Waals surface area contributed by atoms with Crippen LogP contribution < -0.4 is 5.32 Å². The predicted molar refractivity (Wildman–Crippen MR) is 98.8 cm³/mol. The van der Waals surface area contributed by atoms with Gasteiger partial charge in [-0.3, -0.25) is 9.78 Å². The summed E-state index contributed by atoms with van der Waals surface area (Å²) in [5.74, 6) is -0.190. The summed E-state index contributed by atoms with van der Waals surface area (Å²) in [5.41, 5.74) is 1.45. The second kappa shape index (κ2) is 7.49. The van der Waals surface area contributed by atoms with Crippen molar-refractivity contribution in [1.29, 1.82) is 0 Å². The molecule has 2 heterocycles. The highest BCUT2D eigenvalue weighted by Crippen LogP contribution is 2.25. The molecule has 0 saturated carbocycles. The number of hydrogen-bond acceptors (Lipinski definition) is 4. The van der Waals surface area contributed by atoms with Gasteiger partial charge in [-0.25, -0.2) is 8.42 Å². The van der Waals surface area contributed by atoms with Crippen LogP contribution in [-0.4, -0.2) is 42.0 Å². The van der Waals surface area contributed by atoms with E-state index in [-0.39, 0.29) is 11.7 Å². The highest BCUT2D eigenvalue weighted by molar-refractivity contribution is 7.89. The lowest BCUT2D eigenvalue weighted by Gasteiger charge is -2.33. The van der Waals surface area contributed by atoms with Crippen molar-refractivity contribution in [3.05, 3.63) is 36.5 Å². The van der Waals surface area contributed by atoms with Gasteiger partial charge in [0.2, 0.25) is 15.9 Å². The monoisotopic (exact) mass is 361 g/mol. The van der Waals surface area contributed by atoms with Crippen molar-refractivity contribution in [3.63, 3.8) is 0 Å². The first-order valence-electron chi connectivity index (χ1n) is 8.67. The van der Waals surface area contributed by atoms with Crippen LogP contribution in [0.3, 0.4) is 0 Å². The molecule has 1 atom stereocenters. The maximum atomic E-state index is 12.8. The highest BCUT2D eigenvalue weighted by atomic mass is 32.2. The largest absolute Gasteiger partial charge is 0.324 e. The van der Waals surface area contributed by atoms with E-state index in [1.165, 1.54) is 4.31 Å². The van der Waals surface area contributed by atoms with E-state index >= 15 is 0 Å². The van der Waals surface area contributed by atoms with E-state index in [9.17, 15) is 13.2 Å². The zero-order valence-corrected chi connectivity index (χ0v) is 15.1. The van der Waals surface area contributed by atoms with Gasteiger partial charge in [0.1, 0.15) is 6.04 Å². The number of rotatable bonds is 5. The van der Waals surface area contributed by atoms with Crippen LogP contribution in [0, 0.1) is 0 Å². The van der Waals surface area contributed by atoms with Crippen LogP contribution in [0.2, 0.25) is 0 Å². The molecule has 1 N–H and O–H groups in total. The quantitative estimate of drug-likeness (QED) is 0.888. The number of aromatic nitrogens is 1. The average molecular weight is 361 g/mol. The molecule has 7 heteroatoms. The van der Waals surface area contributed by atoms with Gasteiger partial charge in [-0.15, -0.1) is 0 Å². The van der Waals surface area contributed by atoms with Gasteiger partial charge in [0.05, 0.1) is 17.0 Å². The first-order valence-corrected chi connectivity index (χ1v) is 10.3. The van der Waals surface area contributed by atoms with Crippen LogP contribution in [0.5, 0.6) is 0 Å². The van der Waals surface area contributed by atoms with Gasteiger partial charge in [0.15, 0.2) is 0 Å². The fourth-order valence-electron chi connectivity index (χ4n) is 3.30. The minimum atomic E-state index is -3.40. The Balaban J connectivity index is 1.85. The molecule has 0 radical (unpaired) electrons. The smallest absolute Gasteiger partial charge is 0.242 e. The minimum absolute atomic E-state index is 0.0783. The number of piperidine rings is 1. The van der Waals surface area contributed by atoms with Crippen molar-refractivity contribution in [2.45, 2.75) is 38.6 Å². The number of amides is 1. The van der Waals surface area contributed by atoms with E-state index in [0.717, 1.165) is 23.7 Å². The van der Waals surface area contributed by atoms with Gasteiger partial charge in [-0.2, -0.15) is 4.31 Å². The van der Waals surface area contributed by atoms with E-state index in [1.54, 1.807) is 6.20 Å². The third kappa shape index (κ3) is 3.82. The lowest BCUT2D eigenvalue weighted by atomic mass is 10.0. The van der Waals surface area contributed by atoms with Gasteiger partial charge in [0, 0.05) is 18.1 Å². The van der Waals surface area contributed by atoms with E-state index in [4.69, 9.17) is 0 Å². The zero-order valence-electron chi connectivity index (χ0n) is 14.3. The Hall–Kier alpha value is -1.99. The second-order valence-electron chi connectivity index (χ2n) is 6.30. The van der Waals surface area contributed by atoms with Crippen molar-refractivity contribution in [2.24, 2.45) is 0 Å². The van der Waals surface area contributed by atoms with Crippen molar-refractivity contribution in [3.8, 4) is 0 Å². The molecular weight excluding hydrogens is 338 g/mol. The summed E-state index contributed by atoms with van der Waals surface area (Å²) in [6, 6.07) is 8.59. The Kier molecular flexibility index (Phi) is 5.34. The Morgan fingerprint density at radius 2 is 2.12 bits per heavy atom. The van der Waals surface area contributed by atoms with Crippen LogP contribution >= 0.6 is 0 Å². The molecule has 1 unspecified atom stereocenters. The molecule has 1 aliphatic rings. The zero-order chi connectivity index (χ0) is 17.9. The second-order valence-corrected chi connectivity index (χ2v) is 8.34. The molecule has 1 amide bonds. The minimum Gasteiger partial charge on any atom is -0.324 e. The number of carbonyl (C=O) groups is 1. The Labute approximate surface area is 148 Å². The lowest BCUT2D eigenvalue weighted by molar-refractivity contribution is -0.120. The summed E-state index contributed by atoms with van der Waals surface area (Å²) in [6.07, 6.45) is 4.45. The topological polar surface area (TPSA) is 79.4 Å². The lowest BCUT2D eigenvalue weighted by Crippen LogP contribution is -2.50. The molecule has 2 aromatic rings. The fraction of sp³-hybridized carbons (Fsp3) is 0.444. The van der Waals surface area contributed by atoms with Crippen molar-refractivity contribution in [1.82, 2.24) is 9.29 Å². The molecule has 0 spiro atoms. The van der Waals surface area contributed by atoms with Crippen LogP contribution in [0.4, 0.5) is 5.69 Å². The standard InChI is InChI=1S/C18H23N3O3S/c1-2-13-25(23,24)21-12-4-3-10-17(21)18(22)20-16-9-5-8-15-14(16)7-6-11-19-15/h5-9,11,17H,2-4,10,12-13H2,1H3,(H,20,22). The molecule has 1 saturated heterocycles. The van der Waals surface area contributed by atoms with Crippen molar-refractivity contribution < 1.29 is 13.2 Å². The van der Waals surface area contributed by atoms with Crippen LogP contribution in [0.25, 0.3) is 10.9 Å². The Morgan fingerprint density at radius 1 is 1.28 bits per heavy atom. The number of pyridine rings is 1. The number of carbonyl (C=O) groups excluding carboxylic acids is 1. The maximum Gasteiger partial charge on any atom is 0.242 e. The van der Waals surface area contributed by atoms with E-state index < -0.39 is 16.1 Å². The summed E-state index contributed by atoms with van der Waals surface area (Å²) in [7, 11) is -3.40. The highest BCUT2D eigenvalue weighted by Gasteiger charge is 2.36. The van der Waals surface area contributed by atoms with Gasteiger partial charge in [-0.1, -0.05) is 19.4 Å². The predicted octanol–water partition coefficient (Wildman–Crippen LogP) is 2.77. The molecule has 0 bridgehead atoms. The molecule has 6 nitrogen and oxygen atoms in total. The normalized spacial score (nSPS) is 19.0. The van der Waals surface area contributed by atoms with Crippen LogP contribution in [0.1, 0.15) is 32.6 Å². The van der Waals surface area contributed by atoms with Crippen LogP contribution in [-0.2, 0) is 14.8 Å². The fourth-order valence-corrected chi connectivity index (χ4v) is 5.05. The number of nitrogens with one attached hydrogen (secondary N) is 1. The summed E-state index contributed by atoms with van der Waals surface area (Å²) in [5, 5.41) is 3.76. The van der Waals surface area contributed by atoms with Crippen molar-refractivity contribution >= 4 is 32.5 Å². The molecule has 3 rings (SSSR count). The van der Waals surface area contributed by atoms with E-state index in [0.29, 0.717) is 25.1 Å². The molecule has 1 fully saturated rings. The summed E-state index contributed by atoms with van der Waals surface area (Å²) in [6.45, 7) is 2.25. The van der Waals surface area contributed by atoms with Gasteiger partial charge >= 0.3 is 0 Å². The summed E-state index contributed by atoms with van der Waals surface area (Å²) >= 11 is 0. The number of nitrogens with zero attached hydrogens (tertiary/aromatic N) is 2. The van der Waals surface area contributed by atoms with Gasteiger partial charge in [0.25, 0.3) is 0 Å². The van der Waals surface area contributed by atoms with E-state index in [1.807, 2.05) is 37.3 Å².